The van der Waals surface area contributed by atoms with Gasteiger partial charge in [0.05, 0.1) is 13.5 Å². The van der Waals surface area contributed by atoms with Crippen LogP contribution in [0.5, 0.6) is 5.75 Å². The van der Waals surface area contributed by atoms with Crippen LogP contribution in [0.1, 0.15) is 49.7 Å². The Morgan fingerprint density at radius 2 is 1.81 bits per heavy atom. The molecular weight excluding hydrogens is 388 g/mol. The van der Waals surface area contributed by atoms with Crippen LogP contribution >= 0.6 is 0 Å². The van der Waals surface area contributed by atoms with Crippen molar-refractivity contribution in [3.8, 4) is 5.75 Å². The second-order valence-corrected chi connectivity index (χ2v) is 8.55. The minimum Gasteiger partial charge on any atom is -0.496 e. The first-order valence-corrected chi connectivity index (χ1v) is 11.1. The Labute approximate surface area is 184 Å². The van der Waals surface area contributed by atoms with Gasteiger partial charge in [-0.2, -0.15) is 0 Å². The van der Waals surface area contributed by atoms with Crippen molar-refractivity contribution in [1.29, 1.82) is 0 Å². The number of carbonyl (C=O) groups excluding carboxylic acids is 2. The van der Waals surface area contributed by atoms with E-state index in [1.165, 1.54) is 6.42 Å². The molecule has 1 saturated carbocycles. The van der Waals surface area contributed by atoms with Crippen molar-refractivity contribution in [2.45, 2.75) is 57.0 Å². The fourth-order valence-electron chi connectivity index (χ4n) is 4.57. The summed E-state index contributed by atoms with van der Waals surface area (Å²) in [6.45, 7) is 2.01. The summed E-state index contributed by atoms with van der Waals surface area (Å²) >= 11 is 0. The summed E-state index contributed by atoms with van der Waals surface area (Å²) in [6, 6.07) is 15.6. The summed E-state index contributed by atoms with van der Waals surface area (Å²) in [6.07, 6.45) is 9.40. The fourth-order valence-corrected chi connectivity index (χ4v) is 4.57. The van der Waals surface area contributed by atoms with Crippen LogP contribution in [0.3, 0.4) is 0 Å². The second kappa shape index (κ2) is 8.96. The zero-order chi connectivity index (χ0) is 21.8. The van der Waals surface area contributed by atoms with Gasteiger partial charge in [-0.25, -0.2) is 0 Å². The van der Waals surface area contributed by atoms with E-state index >= 15 is 0 Å². The second-order valence-electron chi connectivity index (χ2n) is 8.55. The van der Waals surface area contributed by atoms with Crippen LogP contribution in [0.2, 0.25) is 0 Å². The summed E-state index contributed by atoms with van der Waals surface area (Å²) in [4.78, 5) is 28.0. The summed E-state index contributed by atoms with van der Waals surface area (Å²) in [7, 11) is 1.63. The molecule has 0 radical (unpaired) electrons. The molecule has 4 rings (SSSR count). The van der Waals surface area contributed by atoms with E-state index in [0.717, 1.165) is 48.2 Å². The van der Waals surface area contributed by atoms with Crippen LogP contribution in [0, 0.1) is 6.92 Å². The normalized spacial score (nSPS) is 21.7. The highest BCUT2D eigenvalue weighted by Gasteiger charge is 2.55. The Morgan fingerprint density at radius 3 is 2.48 bits per heavy atom. The standard InChI is InChI=1S/C26H30N2O3/c1-19-12-14-22(15-13-19)28-24(29)18-26(28,25(30)27-21-9-4-3-5-10-21)17-16-20-8-6-7-11-23(20)31-2/h6-8,11-17,21H,3-5,9-10,18H2,1-2H3,(H,27,30). The summed E-state index contributed by atoms with van der Waals surface area (Å²) in [5.74, 6) is 0.576. The van der Waals surface area contributed by atoms with Crippen LogP contribution in [0.25, 0.3) is 6.08 Å². The van der Waals surface area contributed by atoms with Gasteiger partial charge >= 0.3 is 0 Å². The van der Waals surface area contributed by atoms with E-state index in [1.807, 2.05) is 67.6 Å². The number of carbonyl (C=O) groups is 2. The maximum absolute atomic E-state index is 13.6. The molecule has 1 atom stereocenters. The van der Waals surface area contributed by atoms with E-state index in [9.17, 15) is 9.59 Å². The number of benzene rings is 2. The zero-order valence-corrected chi connectivity index (χ0v) is 18.3. The fraction of sp³-hybridized carbons (Fsp3) is 0.385. The van der Waals surface area contributed by atoms with Gasteiger partial charge in [0, 0.05) is 17.3 Å². The van der Waals surface area contributed by atoms with E-state index < -0.39 is 5.54 Å². The van der Waals surface area contributed by atoms with Crippen LogP contribution in [0.4, 0.5) is 5.69 Å². The minimum absolute atomic E-state index is 0.0488. The van der Waals surface area contributed by atoms with Crippen molar-refractivity contribution in [1.82, 2.24) is 5.32 Å². The maximum Gasteiger partial charge on any atom is 0.251 e. The molecule has 5 heteroatoms. The Kier molecular flexibility index (Phi) is 6.12. The number of nitrogens with zero attached hydrogens (tertiary/aromatic N) is 1. The molecule has 0 spiro atoms. The predicted octanol–water partition coefficient (Wildman–Crippen LogP) is 4.64. The number of ether oxygens (including phenoxy) is 1. The molecule has 1 aliphatic heterocycles. The van der Waals surface area contributed by atoms with E-state index in [0.29, 0.717) is 0 Å². The molecular formula is C26H30N2O3. The number of hydrogen-bond acceptors (Lipinski definition) is 3. The Balaban J connectivity index is 1.69. The number of β-lactam (4-membered cyclic amide) rings is 1. The third-order valence-corrected chi connectivity index (χ3v) is 6.37. The van der Waals surface area contributed by atoms with Crippen molar-refractivity contribution in [3.05, 3.63) is 65.7 Å². The van der Waals surface area contributed by atoms with Gasteiger partial charge in [0.1, 0.15) is 5.75 Å². The lowest BCUT2D eigenvalue weighted by molar-refractivity contribution is -0.137. The molecule has 31 heavy (non-hydrogen) atoms. The van der Waals surface area contributed by atoms with E-state index in [1.54, 1.807) is 12.0 Å². The minimum atomic E-state index is -1.04. The smallest absolute Gasteiger partial charge is 0.251 e. The maximum atomic E-state index is 13.6. The number of hydrogen-bond donors (Lipinski definition) is 1. The van der Waals surface area contributed by atoms with Crippen LogP contribution < -0.4 is 15.0 Å². The number of para-hydroxylation sites is 1. The zero-order valence-electron chi connectivity index (χ0n) is 18.3. The van der Waals surface area contributed by atoms with Crippen molar-refractivity contribution >= 4 is 23.6 Å². The Morgan fingerprint density at radius 1 is 1.10 bits per heavy atom. The van der Waals surface area contributed by atoms with Gasteiger partial charge < -0.3 is 10.1 Å². The molecule has 0 aromatic heterocycles. The van der Waals surface area contributed by atoms with Crippen molar-refractivity contribution in [2.75, 3.05) is 12.0 Å². The van der Waals surface area contributed by atoms with Gasteiger partial charge in [0.2, 0.25) is 5.91 Å². The highest BCUT2D eigenvalue weighted by Crippen LogP contribution is 2.40. The summed E-state index contributed by atoms with van der Waals surface area (Å²) in [5, 5.41) is 3.24. The first kappa shape index (κ1) is 21.2. The van der Waals surface area contributed by atoms with Gasteiger partial charge in [-0.05, 0) is 44.0 Å². The number of anilines is 1. The average Bonchev–Trinajstić information content (AvgIpc) is 2.78. The van der Waals surface area contributed by atoms with E-state index in [4.69, 9.17) is 4.74 Å². The molecule has 1 unspecified atom stereocenters. The molecule has 1 saturated heterocycles. The molecule has 0 bridgehead atoms. The van der Waals surface area contributed by atoms with Crippen LogP contribution in [-0.4, -0.2) is 30.5 Å². The molecule has 1 aliphatic carbocycles. The predicted molar refractivity (Wildman–Crippen MR) is 123 cm³/mol. The molecule has 2 aromatic carbocycles. The molecule has 2 aliphatic rings. The molecule has 1 heterocycles. The molecule has 5 nitrogen and oxygen atoms in total. The van der Waals surface area contributed by atoms with Gasteiger partial charge in [0.15, 0.2) is 5.54 Å². The topological polar surface area (TPSA) is 58.6 Å². The lowest BCUT2D eigenvalue weighted by Crippen LogP contribution is -2.70. The first-order chi connectivity index (χ1) is 15.0. The Hall–Kier alpha value is -3.08. The molecule has 2 aromatic rings. The van der Waals surface area contributed by atoms with Crippen LogP contribution in [0.15, 0.2) is 54.6 Å². The first-order valence-electron chi connectivity index (χ1n) is 11.1. The van der Waals surface area contributed by atoms with Crippen molar-refractivity contribution in [2.24, 2.45) is 0 Å². The molecule has 2 fully saturated rings. The number of amides is 2. The highest BCUT2D eigenvalue weighted by molar-refractivity contribution is 6.15. The quantitative estimate of drug-likeness (QED) is 0.695. The number of nitrogens with one attached hydrogen (secondary N) is 1. The monoisotopic (exact) mass is 418 g/mol. The lowest BCUT2D eigenvalue weighted by Gasteiger charge is -2.49. The molecule has 2 amide bonds. The van der Waals surface area contributed by atoms with Crippen molar-refractivity contribution in [3.63, 3.8) is 0 Å². The number of rotatable bonds is 6. The third-order valence-electron chi connectivity index (χ3n) is 6.37. The Bertz CT molecular complexity index is 976. The summed E-state index contributed by atoms with van der Waals surface area (Å²) in [5.41, 5.74) is 1.69. The van der Waals surface area contributed by atoms with Crippen LogP contribution in [-0.2, 0) is 9.59 Å². The van der Waals surface area contributed by atoms with E-state index in [2.05, 4.69) is 5.32 Å². The van der Waals surface area contributed by atoms with Crippen molar-refractivity contribution < 1.29 is 14.3 Å². The van der Waals surface area contributed by atoms with Gasteiger partial charge in [-0.1, -0.05) is 61.2 Å². The highest BCUT2D eigenvalue weighted by atomic mass is 16.5. The van der Waals surface area contributed by atoms with E-state index in [-0.39, 0.29) is 24.3 Å². The lowest BCUT2D eigenvalue weighted by atomic mass is 9.80. The number of methoxy groups -OCH3 is 1. The largest absolute Gasteiger partial charge is 0.496 e. The van der Waals surface area contributed by atoms with Gasteiger partial charge in [-0.3, -0.25) is 14.5 Å². The third kappa shape index (κ3) is 4.22. The molecule has 162 valence electrons. The average molecular weight is 419 g/mol. The van der Waals surface area contributed by atoms with Gasteiger partial charge in [0.25, 0.3) is 5.91 Å². The number of aryl methyl sites for hydroxylation is 1. The van der Waals surface area contributed by atoms with Gasteiger partial charge in [-0.15, -0.1) is 0 Å². The molecule has 1 N–H and O–H groups in total. The summed E-state index contributed by atoms with van der Waals surface area (Å²) < 4.78 is 5.46. The SMILES string of the molecule is COc1ccccc1C=CC1(C(=O)NC2CCCCC2)CC(=O)N1c1ccc(C)cc1.